The van der Waals surface area contributed by atoms with Crippen LogP contribution in [0.5, 0.6) is 0 Å². The molecule has 8 nitrogen and oxygen atoms in total. The number of aromatic nitrogens is 5. The van der Waals surface area contributed by atoms with Gasteiger partial charge in [-0.3, -0.25) is 9.89 Å². The number of nitrogens with one attached hydrogen (secondary N) is 2. The van der Waals surface area contributed by atoms with Crippen LogP contribution in [0.15, 0.2) is 34.2 Å². The summed E-state index contributed by atoms with van der Waals surface area (Å²) in [5.41, 5.74) is 0.963. The van der Waals surface area contributed by atoms with Crippen molar-refractivity contribution in [1.82, 2.24) is 30.0 Å². The monoisotopic (exact) mass is 332 g/mol. The van der Waals surface area contributed by atoms with Gasteiger partial charge in [-0.25, -0.2) is 9.97 Å². The van der Waals surface area contributed by atoms with Gasteiger partial charge in [0.1, 0.15) is 17.9 Å². The number of hydrogen-bond acceptors (Lipinski definition) is 6. The van der Waals surface area contributed by atoms with E-state index < -0.39 is 0 Å². The molecular formula is C14H16N6O2S. The molecule has 9 heteroatoms. The first-order valence-corrected chi connectivity index (χ1v) is 7.93. The van der Waals surface area contributed by atoms with Crippen LogP contribution in [0.4, 0.5) is 0 Å². The summed E-state index contributed by atoms with van der Waals surface area (Å²) in [5, 5.41) is 7.24. The molecule has 2 N–H and O–H groups in total. The first kappa shape index (κ1) is 15.3. The number of rotatable bonds is 6. The van der Waals surface area contributed by atoms with E-state index in [1.54, 1.807) is 30.3 Å². The average molecular weight is 332 g/mol. The third kappa shape index (κ3) is 3.81. The van der Waals surface area contributed by atoms with Crippen molar-refractivity contribution in [3.8, 4) is 0 Å². The summed E-state index contributed by atoms with van der Waals surface area (Å²) in [5.74, 6) is 2.14. The SMILES string of the molecule is Cc1cnc(CN(C)C(=O)c2ccc(CSc3ncn[nH]3)o2)[nH]1. The van der Waals surface area contributed by atoms with E-state index in [9.17, 15) is 4.79 Å². The van der Waals surface area contributed by atoms with Gasteiger partial charge in [-0.1, -0.05) is 11.8 Å². The quantitative estimate of drug-likeness (QED) is 0.669. The zero-order valence-electron chi connectivity index (χ0n) is 12.7. The zero-order valence-corrected chi connectivity index (χ0v) is 13.6. The highest BCUT2D eigenvalue weighted by Crippen LogP contribution is 2.20. The van der Waals surface area contributed by atoms with Crippen molar-refractivity contribution < 1.29 is 9.21 Å². The Balaban J connectivity index is 1.58. The predicted molar refractivity (Wildman–Crippen MR) is 83.8 cm³/mol. The Morgan fingerprint density at radius 1 is 1.39 bits per heavy atom. The molecule has 1 amide bonds. The molecule has 23 heavy (non-hydrogen) atoms. The molecule has 3 rings (SSSR count). The molecule has 0 fully saturated rings. The number of aromatic amines is 2. The van der Waals surface area contributed by atoms with Gasteiger partial charge in [0.2, 0.25) is 0 Å². The summed E-state index contributed by atoms with van der Waals surface area (Å²) < 4.78 is 5.60. The Hall–Kier alpha value is -2.55. The molecule has 120 valence electrons. The maximum Gasteiger partial charge on any atom is 0.289 e. The molecular weight excluding hydrogens is 316 g/mol. The molecule has 0 saturated carbocycles. The van der Waals surface area contributed by atoms with Gasteiger partial charge in [0.25, 0.3) is 5.91 Å². The van der Waals surface area contributed by atoms with Crippen LogP contribution in [0.25, 0.3) is 0 Å². The van der Waals surface area contributed by atoms with Crippen molar-refractivity contribution in [3.63, 3.8) is 0 Å². The lowest BCUT2D eigenvalue weighted by molar-refractivity contribution is 0.0748. The molecule has 0 aliphatic heterocycles. The van der Waals surface area contributed by atoms with Crippen LogP contribution in [0.3, 0.4) is 0 Å². The van der Waals surface area contributed by atoms with Crippen molar-refractivity contribution in [2.45, 2.75) is 24.4 Å². The second-order valence-corrected chi connectivity index (χ2v) is 5.98. The third-order valence-electron chi connectivity index (χ3n) is 3.11. The van der Waals surface area contributed by atoms with Gasteiger partial charge in [0.05, 0.1) is 12.3 Å². The minimum atomic E-state index is -0.185. The maximum atomic E-state index is 12.4. The van der Waals surface area contributed by atoms with Crippen molar-refractivity contribution in [2.75, 3.05) is 7.05 Å². The molecule has 0 bridgehead atoms. The van der Waals surface area contributed by atoms with Gasteiger partial charge >= 0.3 is 0 Å². The van der Waals surface area contributed by atoms with Crippen LogP contribution in [0.2, 0.25) is 0 Å². The number of hydrogen-bond donors (Lipinski definition) is 2. The molecule has 0 radical (unpaired) electrons. The van der Waals surface area contributed by atoms with Crippen molar-refractivity contribution in [3.05, 3.63) is 47.7 Å². The van der Waals surface area contributed by atoms with E-state index in [4.69, 9.17) is 4.42 Å². The lowest BCUT2D eigenvalue weighted by Crippen LogP contribution is -2.26. The number of imidazole rings is 1. The Morgan fingerprint density at radius 2 is 2.26 bits per heavy atom. The number of furan rings is 1. The van der Waals surface area contributed by atoms with Gasteiger partial charge in [-0.2, -0.15) is 5.10 Å². The minimum Gasteiger partial charge on any atom is -0.455 e. The van der Waals surface area contributed by atoms with E-state index in [-0.39, 0.29) is 5.91 Å². The summed E-state index contributed by atoms with van der Waals surface area (Å²) >= 11 is 1.46. The number of carbonyl (C=O) groups excluding carboxylic acids is 1. The topological polar surface area (TPSA) is 104 Å². The standard InChI is InChI=1S/C14H16N6O2S/c1-9-5-15-12(18-9)6-20(2)13(21)11-4-3-10(22-11)7-23-14-16-8-17-19-14/h3-5,8H,6-7H2,1-2H3,(H,15,18)(H,16,17,19). The van der Waals surface area contributed by atoms with Gasteiger partial charge in [-0.05, 0) is 19.1 Å². The number of H-pyrrole nitrogens is 2. The fraction of sp³-hybridized carbons (Fsp3) is 0.286. The summed E-state index contributed by atoms with van der Waals surface area (Å²) in [6, 6.07) is 3.48. The Kier molecular flexibility index (Phi) is 4.47. The molecule has 0 atom stereocenters. The number of amides is 1. The second-order valence-electron chi connectivity index (χ2n) is 5.02. The summed E-state index contributed by atoms with van der Waals surface area (Å²) in [4.78, 5) is 25.2. The molecule has 3 aromatic rings. The van der Waals surface area contributed by atoms with Crippen LogP contribution in [-0.4, -0.2) is 43.0 Å². The third-order valence-corrected chi connectivity index (χ3v) is 4.00. The number of thioether (sulfide) groups is 1. The van der Waals surface area contributed by atoms with E-state index in [2.05, 4.69) is 25.1 Å². The molecule has 0 spiro atoms. The van der Waals surface area contributed by atoms with Crippen LogP contribution in [0.1, 0.15) is 27.8 Å². The first-order valence-electron chi connectivity index (χ1n) is 6.94. The van der Waals surface area contributed by atoms with Crippen LogP contribution < -0.4 is 0 Å². The lowest BCUT2D eigenvalue weighted by Gasteiger charge is -2.13. The van der Waals surface area contributed by atoms with Crippen LogP contribution >= 0.6 is 11.8 Å². The van der Waals surface area contributed by atoms with Gasteiger partial charge in [-0.15, -0.1) is 0 Å². The maximum absolute atomic E-state index is 12.4. The molecule has 3 heterocycles. The summed E-state index contributed by atoms with van der Waals surface area (Å²) in [7, 11) is 1.71. The highest BCUT2D eigenvalue weighted by molar-refractivity contribution is 7.98. The highest BCUT2D eigenvalue weighted by atomic mass is 32.2. The summed E-state index contributed by atoms with van der Waals surface area (Å²) in [6.45, 7) is 2.32. The Bertz CT molecular complexity index is 779. The van der Waals surface area contributed by atoms with E-state index in [1.165, 1.54) is 18.1 Å². The fourth-order valence-electron chi connectivity index (χ4n) is 2.01. The molecule has 0 aromatic carbocycles. The molecule has 0 aliphatic rings. The van der Waals surface area contributed by atoms with Gasteiger partial charge in [0, 0.05) is 18.9 Å². The predicted octanol–water partition coefficient (Wildman–Crippen LogP) is 1.99. The van der Waals surface area contributed by atoms with E-state index in [0.717, 1.165) is 11.5 Å². The summed E-state index contributed by atoms with van der Waals surface area (Å²) in [6.07, 6.45) is 3.18. The number of nitrogens with zero attached hydrogens (tertiary/aromatic N) is 4. The smallest absolute Gasteiger partial charge is 0.289 e. The molecule has 0 unspecified atom stereocenters. The van der Waals surface area contributed by atoms with Crippen molar-refractivity contribution in [1.29, 1.82) is 0 Å². The lowest BCUT2D eigenvalue weighted by atomic mass is 10.4. The Morgan fingerprint density at radius 3 is 2.96 bits per heavy atom. The van der Waals surface area contributed by atoms with Gasteiger partial charge < -0.3 is 14.3 Å². The molecule has 0 saturated heterocycles. The van der Waals surface area contributed by atoms with Crippen LogP contribution in [0, 0.1) is 6.92 Å². The fourth-order valence-corrected chi connectivity index (χ4v) is 2.68. The zero-order chi connectivity index (χ0) is 16.2. The second kappa shape index (κ2) is 6.69. The first-order chi connectivity index (χ1) is 11.1. The average Bonchev–Trinajstić information content (AvgIpc) is 3.26. The largest absolute Gasteiger partial charge is 0.455 e. The van der Waals surface area contributed by atoms with Crippen molar-refractivity contribution >= 4 is 17.7 Å². The number of carbonyl (C=O) groups is 1. The van der Waals surface area contributed by atoms with Gasteiger partial charge in [0.15, 0.2) is 10.9 Å². The Labute approximate surface area is 136 Å². The normalized spacial score (nSPS) is 10.9. The van der Waals surface area contributed by atoms with Crippen molar-refractivity contribution in [2.24, 2.45) is 0 Å². The van der Waals surface area contributed by atoms with Crippen LogP contribution in [-0.2, 0) is 12.3 Å². The molecule has 0 aliphatic carbocycles. The van der Waals surface area contributed by atoms with E-state index in [1.807, 2.05) is 6.92 Å². The minimum absolute atomic E-state index is 0.185. The highest BCUT2D eigenvalue weighted by Gasteiger charge is 2.17. The van der Waals surface area contributed by atoms with E-state index >= 15 is 0 Å². The number of aryl methyl sites for hydroxylation is 1. The van der Waals surface area contributed by atoms with E-state index in [0.29, 0.717) is 29.0 Å². The molecule has 3 aromatic heterocycles.